The normalized spacial score (nSPS) is 11.3. The zero-order valence-corrected chi connectivity index (χ0v) is 12.2. The molecule has 3 heteroatoms. The summed E-state index contributed by atoms with van der Waals surface area (Å²) in [6.45, 7) is 0. The van der Waals surface area contributed by atoms with E-state index < -0.39 is 0 Å². The average Bonchev–Trinajstić information content (AvgIpc) is 2.57. The second-order valence-corrected chi connectivity index (χ2v) is 6.49. The Balaban J connectivity index is 2.57. The molecule has 1 heterocycles. The Bertz CT molecular complexity index is 657. The van der Waals surface area contributed by atoms with Crippen LogP contribution in [-0.4, -0.2) is 0 Å². The minimum Gasteiger partial charge on any atom is -0.134 e. The second kappa shape index (κ2) is 3.71. The molecular formula is C12H6BrIS. The van der Waals surface area contributed by atoms with Crippen molar-refractivity contribution in [2.24, 2.45) is 0 Å². The predicted molar refractivity (Wildman–Crippen MR) is 79.7 cm³/mol. The molecule has 0 bridgehead atoms. The topological polar surface area (TPSA) is 0 Å². The SMILES string of the molecule is Brc1ccc2c(c1)sc1c(I)cccc12. The fourth-order valence-corrected chi connectivity index (χ4v) is 4.23. The van der Waals surface area contributed by atoms with Crippen LogP contribution in [0, 0.1) is 3.57 Å². The van der Waals surface area contributed by atoms with Gasteiger partial charge >= 0.3 is 0 Å². The van der Waals surface area contributed by atoms with Gasteiger partial charge in [0.25, 0.3) is 0 Å². The summed E-state index contributed by atoms with van der Waals surface area (Å²) in [5, 5.41) is 2.73. The van der Waals surface area contributed by atoms with Crippen LogP contribution in [0.4, 0.5) is 0 Å². The lowest BCUT2D eigenvalue weighted by molar-refractivity contribution is 1.76. The summed E-state index contributed by atoms with van der Waals surface area (Å²) in [6, 6.07) is 13.0. The summed E-state index contributed by atoms with van der Waals surface area (Å²) < 4.78 is 5.23. The summed E-state index contributed by atoms with van der Waals surface area (Å²) in [6.07, 6.45) is 0. The maximum absolute atomic E-state index is 3.51. The molecular weight excluding hydrogens is 383 g/mol. The lowest BCUT2D eigenvalue weighted by Crippen LogP contribution is -1.69. The highest BCUT2D eigenvalue weighted by Crippen LogP contribution is 2.37. The van der Waals surface area contributed by atoms with E-state index in [0.717, 1.165) is 4.47 Å². The number of thiophene rings is 1. The van der Waals surface area contributed by atoms with Gasteiger partial charge in [0, 0.05) is 28.2 Å². The first kappa shape index (κ1) is 10.1. The van der Waals surface area contributed by atoms with Crippen molar-refractivity contribution < 1.29 is 0 Å². The van der Waals surface area contributed by atoms with Crippen molar-refractivity contribution in [3.63, 3.8) is 0 Å². The van der Waals surface area contributed by atoms with E-state index in [9.17, 15) is 0 Å². The summed E-state index contributed by atoms with van der Waals surface area (Å²) in [4.78, 5) is 0. The summed E-state index contributed by atoms with van der Waals surface area (Å²) >= 11 is 7.78. The van der Waals surface area contributed by atoms with Crippen LogP contribution in [-0.2, 0) is 0 Å². The minimum atomic E-state index is 1.15. The Hall–Kier alpha value is -0.130. The van der Waals surface area contributed by atoms with Crippen LogP contribution in [0.2, 0.25) is 0 Å². The first-order valence-electron chi connectivity index (χ1n) is 4.52. The summed E-state index contributed by atoms with van der Waals surface area (Å²) in [5.41, 5.74) is 0. The molecule has 0 saturated carbocycles. The van der Waals surface area contributed by atoms with Crippen molar-refractivity contribution in [2.45, 2.75) is 0 Å². The quantitative estimate of drug-likeness (QED) is 0.451. The maximum atomic E-state index is 3.51. The Kier molecular flexibility index (Phi) is 2.49. The Labute approximate surface area is 114 Å². The smallest absolute Gasteiger partial charge is 0.0488 e. The second-order valence-electron chi connectivity index (χ2n) is 3.36. The van der Waals surface area contributed by atoms with Crippen molar-refractivity contribution in [3.8, 4) is 0 Å². The third-order valence-electron chi connectivity index (χ3n) is 2.41. The van der Waals surface area contributed by atoms with Gasteiger partial charge in [-0.15, -0.1) is 11.3 Å². The van der Waals surface area contributed by atoms with E-state index in [4.69, 9.17) is 0 Å². The van der Waals surface area contributed by atoms with Crippen LogP contribution < -0.4 is 0 Å². The fraction of sp³-hybridized carbons (Fsp3) is 0. The van der Waals surface area contributed by atoms with Crippen molar-refractivity contribution in [2.75, 3.05) is 0 Å². The fourth-order valence-electron chi connectivity index (χ4n) is 1.74. The van der Waals surface area contributed by atoms with Gasteiger partial charge in [0.2, 0.25) is 0 Å². The van der Waals surface area contributed by atoms with Gasteiger partial charge < -0.3 is 0 Å². The number of hydrogen-bond donors (Lipinski definition) is 0. The largest absolute Gasteiger partial charge is 0.134 e. The van der Waals surface area contributed by atoms with Crippen molar-refractivity contribution in [1.29, 1.82) is 0 Å². The van der Waals surface area contributed by atoms with Gasteiger partial charge in [-0.2, -0.15) is 0 Å². The Morgan fingerprint density at radius 2 is 1.93 bits per heavy atom. The Morgan fingerprint density at radius 3 is 2.80 bits per heavy atom. The van der Waals surface area contributed by atoms with Gasteiger partial charge in [0.1, 0.15) is 0 Å². The number of rotatable bonds is 0. The average molecular weight is 389 g/mol. The molecule has 0 fully saturated rings. The molecule has 0 radical (unpaired) electrons. The molecule has 74 valence electrons. The van der Waals surface area contributed by atoms with E-state index in [1.165, 1.54) is 23.7 Å². The summed E-state index contributed by atoms with van der Waals surface area (Å²) in [7, 11) is 0. The van der Waals surface area contributed by atoms with Crippen LogP contribution in [0.5, 0.6) is 0 Å². The molecule has 0 unspecified atom stereocenters. The standard InChI is InChI=1S/C12H6BrIS/c13-7-4-5-8-9-2-1-3-10(14)12(9)15-11(8)6-7/h1-6H. The lowest BCUT2D eigenvalue weighted by atomic mass is 10.2. The predicted octanol–water partition coefficient (Wildman–Crippen LogP) is 5.42. The third kappa shape index (κ3) is 1.61. The number of fused-ring (bicyclic) bond motifs is 3. The molecule has 3 rings (SSSR count). The van der Waals surface area contributed by atoms with Crippen LogP contribution in [0.15, 0.2) is 40.9 Å². The molecule has 0 saturated heterocycles. The summed E-state index contributed by atoms with van der Waals surface area (Å²) in [5.74, 6) is 0. The van der Waals surface area contributed by atoms with Gasteiger partial charge in [-0.25, -0.2) is 0 Å². The van der Waals surface area contributed by atoms with Gasteiger partial charge in [0.05, 0.1) is 0 Å². The zero-order chi connectivity index (χ0) is 10.4. The number of hydrogen-bond acceptors (Lipinski definition) is 1. The monoisotopic (exact) mass is 388 g/mol. The van der Waals surface area contributed by atoms with Gasteiger partial charge in [-0.3, -0.25) is 0 Å². The van der Waals surface area contributed by atoms with Gasteiger partial charge in [-0.05, 0) is 40.8 Å². The first-order chi connectivity index (χ1) is 7.25. The van der Waals surface area contributed by atoms with Gasteiger partial charge in [-0.1, -0.05) is 34.1 Å². The molecule has 0 aliphatic carbocycles. The van der Waals surface area contributed by atoms with Crippen molar-refractivity contribution >= 4 is 70.0 Å². The lowest BCUT2D eigenvalue weighted by Gasteiger charge is -1.93. The molecule has 2 aromatic carbocycles. The zero-order valence-electron chi connectivity index (χ0n) is 7.63. The highest BCUT2D eigenvalue weighted by molar-refractivity contribution is 14.1. The molecule has 0 aliphatic heterocycles. The molecule has 0 amide bonds. The van der Waals surface area contributed by atoms with Crippen molar-refractivity contribution in [3.05, 3.63) is 44.4 Å². The molecule has 0 atom stereocenters. The van der Waals surface area contributed by atoms with E-state index in [1.54, 1.807) is 0 Å². The van der Waals surface area contributed by atoms with Crippen LogP contribution >= 0.6 is 49.9 Å². The molecule has 0 nitrogen and oxygen atoms in total. The van der Waals surface area contributed by atoms with Crippen LogP contribution in [0.25, 0.3) is 20.2 Å². The van der Waals surface area contributed by atoms with Crippen molar-refractivity contribution in [1.82, 2.24) is 0 Å². The van der Waals surface area contributed by atoms with E-state index in [2.05, 4.69) is 74.9 Å². The third-order valence-corrected chi connectivity index (χ3v) is 5.37. The highest BCUT2D eigenvalue weighted by Gasteiger charge is 2.06. The van der Waals surface area contributed by atoms with E-state index in [0.29, 0.717) is 0 Å². The van der Waals surface area contributed by atoms with E-state index >= 15 is 0 Å². The first-order valence-corrected chi connectivity index (χ1v) is 7.21. The van der Waals surface area contributed by atoms with Gasteiger partial charge in [0.15, 0.2) is 0 Å². The van der Waals surface area contributed by atoms with E-state index in [1.807, 2.05) is 11.3 Å². The molecule has 15 heavy (non-hydrogen) atoms. The van der Waals surface area contributed by atoms with E-state index in [-0.39, 0.29) is 0 Å². The number of halogens is 2. The molecule has 0 aliphatic rings. The molecule has 0 spiro atoms. The van der Waals surface area contributed by atoms with Crippen LogP contribution in [0.1, 0.15) is 0 Å². The van der Waals surface area contributed by atoms with Crippen LogP contribution in [0.3, 0.4) is 0 Å². The molecule has 3 aromatic rings. The molecule has 0 N–H and O–H groups in total. The Morgan fingerprint density at radius 1 is 1.07 bits per heavy atom. The highest BCUT2D eigenvalue weighted by atomic mass is 127. The minimum absolute atomic E-state index is 1.15. The number of benzene rings is 2. The maximum Gasteiger partial charge on any atom is 0.0488 e. The molecule has 1 aromatic heterocycles.